The summed E-state index contributed by atoms with van der Waals surface area (Å²) in [7, 11) is 1.86. The monoisotopic (exact) mass is 524 g/mol. The van der Waals surface area contributed by atoms with E-state index < -0.39 is 29.7 Å². The van der Waals surface area contributed by atoms with Crippen LogP contribution < -0.4 is 9.64 Å². The Labute approximate surface area is 219 Å². The molecule has 2 saturated heterocycles. The summed E-state index contributed by atoms with van der Waals surface area (Å²) >= 11 is 0. The van der Waals surface area contributed by atoms with Crippen molar-refractivity contribution in [3.05, 3.63) is 48.3 Å². The summed E-state index contributed by atoms with van der Waals surface area (Å²) in [6, 6.07) is 7.79. The molecule has 3 aromatic rings. The maximum absolute atomic E-state index is 15.0. The Morgan fingerprint density at radius 1 is 1.13 bits per heavy atom. The lowest BCUT2D eigenvalue weighted by Crippen LogP contribution is -2.55. The predicted octanol–water partition coefficient (Wildman–Crippen LogP) is 4.83. The number of anilines is 1. The average Bonchev–Trinajstić information content (AvgIpc) is 3.45. The molecule has 1 amide bonds. The van der Waals surface area contributed by atoms with Gasteiger partial charge in [-0.3, -0.25) is 4.90 Å². The molecule has 3 atom stereocenters. The molecule has 1 aromatic carbocycles. The number of benzene rings is 1. The highest BCUT2D eigenvalue weighted by Gasteiger charge is 2.60. The van der Waals surface area contributed by atoms with Crippen molar-refractivity contribution < 1.29 is 23.0 Å². The van der Waals surface area contributed by atoms with Crippen molar-refractivity contribution in [3.63, 3.8) is 0 Å². The maximum atomic E-state index is 15.0. The lowest BCUT2D eigenvalue weighted by molar-refractivity contribution is -0.0492. The lowest BCUT2D eigenvalue weighted by atomic mass is 9.95. The van der Waals surface area contributed by atoms with Gasteiger partial charge in [0, 0.05) is 31.1 Å². The predicted molar refractivity (Wildman–Crippen MR) is 136 cm³/mol. The van der Waals surface area contributed by atoms with Crippen LogP contribution in [0.25, 0.3) is 16.8 Å². The summed E-state index contributed by atoms with van der Waals surface area (Å²) in [4.78, 5) is 22.3. The van der Waals surface area contributed by atoms with E-state index >= 15 is 0 Å². The van der Waals surface area contributed by atoms with E-state index in [2.05, 4.69) is 10.2 Å². The number of halogens is 2. The van der Waals surface area contributed by atoms with E-state index in [4.69, 9.17) is 14.5 Å². The largest absolute Gasteiger partial charge is 0.472 e. The number of alkyl halides is 2. The maximum Gasteiger partial charge on any atom is 0.411 e. The van der Waals surface area contributed by atoms with Crippen LogP contribution in [-0.4, -0.2) is 67.7 Å². The highest BCUT2D eigenvalue weighted by Crippen LogP contribution is 2.48. The number of hydrogen-bond acceptors (Lipinski definition) is 7. The van der Waals surface area contributed by atoms with E-state index in [1.165, 1.54) is 4.90 Å². The summed E-state index contributed by atoms with van der Waals surface area (Å²) in [5.74, 6) is -1.81. The summed E-state index contributed by atoms with van der Waals surface area (Å²) in [6.45, 7) is 5.57. The third-order valence-corrected chi connectivity index (χ3v) is 7.52. The lowest BCUT2D eigenvalue weighted by Gasteiger charge is -2.42. The number of rotatable bonds is 3. The Kier molecular flexibility index (Phi) is 5.59. The quantitative estimate of drug-likeness (QED) is 0.485. The zero-order chi connectivity index (χ0) is 26.8. The molecular weight excluding hydrogens is 494 g/mol. The van der Waals surface area contributed by atoms with Crippen LogP contribution >= 0.6 is 0 Å². The molecule has 3 unspecified atom stereocenters. The molecule has 3 aliphatic rings. The number of carbonyl (C=O) groups is 1. The number of amides is 1. The average molecular weight is 525 g/mol. The Bertz CT molecular complexity index is 1370. The Hall–Kier alpha value is -3.76. The minimum atomic E-state index is -2.96. The zero-order valence-electron chi connectivity index (χ0n) is 21.8. The second kappa shape index (κ2) is 8.64. The van der Waals surface area contributed by atoms with E-state index in [1.807, 2.05) is 42.3 Å². The van der Waals surface area contributed by atoms with Gasteiger partial charge in [-0.15, -0.1) is 0 Å². The first-order chi connectivity index (χ1) is 18.0. The normalized spacial score (nSPS) is 23.3. The number of nitrogens with zero attached hydrogens (tertiary/aromatic N) is 6. The molecule has 0 N–H and O–H groups in total. The summed E-state index contributed by atoms with van der Waals surface area (Å²) in [5, 5.41) is 8.36. The topological polar surface area (TPSA) is 85.6 Å². The van der Waals surface area contributed by atoms with E-state index in [0.29, 0.717) is 24.7 Å². The van der Waals surface area contributed by atoms with Gasteiger partial charge in [0.1, 0.15) is 24.1 Å². The highest BCUT2D eigenvalue weighted by molar-refractivity contribution is 5.76. The first kappa shape index (κ1) is 24.6. The van der Waals surface area contributed by atoms with Crippen LogP contribution in [0, 0.1) is 0 Å². The van der Waals surface area contributed by atoms with Crippen molar-refractivity contribution in [1.82, 2.24) is 24.9 Å². The van der Waals surface area contributed by atoms with Crippen LogP contribution in [-0.2, 0) is 11.3 Å². The van der Waals surface area contributed by atoms with Crippen LogP contribution in [0.2, 0.25) is 0 Å². The zero-order valence-corrected chi connectivity index (χ0v) is 21.8. The number of pyridine rings is 1. The number of hydrogen-bond donors (Lipinski definition) is 0. The third-order valence-electron chi connectivity index (χ3n) is 7.52. The molecular formula is C27H30F2N6O3. The van der Waals surface area contributed by atoms with Crippen molar-refractivity contribution >= 4 is 11.9 Å². The number of carbonyl (C=O) groups excluding carboxylic acids is 1. The van der Waals surface area contributed by atoms with E-state index in [0.717, 1.165) is 22.4 Å². The molecule has 0 aliphatic carbocycles. The van der Waals surface area contributed by atoms with Gasteiger partial charge in [-0.1, -0.05) is 6.07 Å². The molecule has 200 valence electrons. The molecule has 38 heavy (non-hydrogen) atoms. The standard InChI is InChI=1S/C27H30F2N6O3/c1-26(2,3)38-25(36)34-19-12-18(13-22(34)27(28,29)14-19)33(4)23-8-7-21-20-6-5-17(35-30-9-10-31-35)11-16(20)15-37-24(21)32-23/h5-11,18-19,22H,12-15H2,1-4H3. The van der Waals surface area contributed by atoms with Crippen LogP contribution in [0.5, 0.6) is 5.88 Å². The van der Waals surface area contributed by atoms with Crippen molar-refractivity contribution in [2.45, 2.75) is 76.3 Å². The van der Waals surface area contributed by atoms with Gasteiger partial charge in [0.05, 0.1) is 18.1 Å². The Balaban J connectivity index is 1.22. The minimum Gasteiger partial charge on any atom is -0.472 e. The van der Waals surface area contributed by atoms with Gasteiger partial charge in [-0.25, -0.2) is 13.6 Å². The SMILES string of the molecule is CN(c1ccc2c(n1)OCc1cc(-n3nccn3)ccc1-2)C1CC2CC(F)(F)C(C1)N2C(=O)OC(C)(C)C. The highest BCUT2D eigenvalue weighted by atomic mass is 19.3. The molecule has 2 fully saturated rings. The van der Waals surface area contributed by atoms with Gasteiger partial charge < -0.3 is 14.4 Å². The number of aromatic nitrogens is 4. The molecule has 11 heteroatoms. The molecule has 6 rings (SSSR count). The second-order valence-corrected chi connectivity index (χ2v) is 11.2. The van der Waals surface area contributed by atoms with Crippen molar-refractivity contribution in [2.75, 3.05) is 11.9 Å². The van der Waals surface area contributed by atoms with Crippen molar-refractivity contribution in [2.24, 2.45) is 0 Å². The fraction of sp³-hybridized carbons (Fsp3) is 0.481. The molecule has 3 aliphatic heterocycles. The van der Waals surface area contributed by atoms with Crippen molar-refractivity contribution in [1.29, 1.82) is 0 Å². The van der Waals surface area contributed by atoms with Crippen LogP contribution in [0.4, 0.5) is 19.4 Å². The molecule has 2 aromatic heterocycles. The van der Waals surface area contributed by atoms with Crippen LogP contribution in [0.3, 0.4) is 0 Å². The minimum absolute atomic E-state index is 0.131. The molecule has 0 radical (unpaired) electrons. The van der Waals surface area contributed by atoms with E-state index in [-0.39, 0.29) is 18.9 Å². The van der Waals surface area contributed by atoms with E-state index in [9.17, 15) is 13.6 Å². The fourth-order valence-electron chi connectivity index (χ4n) is 5.78. The number of ether oxygens (including phenoxy) is 2. The fourth-order valence-corrected chi connectivity index (χ4v) is 5.78. The molecule has 0 spiro atoms. The number of fused-ring (bicyclic) bond motifs is 5. The van der Waals surface area contributed by atoms with Gasteiger partial charge in [-0.05, 0) is 69.0 Å². The van der Waals surface area contributed by atoms with Gasteiger partial charge in [0.25, 0.3) is 5.92 Å². The van der Waals surface area contributed by atoms with Gasteiger partial charge in [0.2, 0.25) is 5.88 Å². The first-order valence-corrected chi connectivity index (χ1v) is 12.8. The Morgan fingerprint density at radius 2 is 1.87 bits per heavy atom. The smallest absolute Gasteiger partial charge is 0.411 e. The third kappa shape index (κ3) is 4.23. The summed E-state index contributed by atoms with van der Waals surface area (Å²) in [5.41, 5.74) is 2.99. The van der Waals surface area contributed by atoms with E-state index in [1.54, 1.807) is 38.0 Å². The summed E-state index contributed by atoms with van der Waals surface area (Å²) < 4.78 is 41.4. The molecule has 9 nitrogen and oxygen atoms in total. The molecule has 5 heterocycles. The molecule has 2 bridgehead atoms. The van der Waals surface area contributed by atoms with Crippen molar-refractivity contribution in [3.8, 4) is 22.7 Å². The first-order valence-electron chi connectivity index (χ1n) is 12.8. The van der Waals surface area contributed by atoms with Crippen LogP contribution in [0.1, 0.15) is 45.6 Å². The second-order valence-electron chi connectivity index (χ2n) is 11.2. The van der Waals surface area contributed by atoms with Gasteiger partial charge >= 0.3 is 6.09 Å². The van der Waals surface area contributed by atoms with Gasteiger partial charge in [0.15, 0.2) is 0 Å². The molecule has 0 saturated carbocycles. The Morgan fingerprint density at radius 3 is 2.58 bits per heavy atom. The van der Waals surface area contributed by atoms with Crippen LogP contribution in [0.15, 0.2) is 42.7 Å². The van der Waals surface area contributed by atoms with Gasteiger partial charge in [-0.2, -0.15) is 20.0 Å². The summed E-state index contributed by atoms with van der Waals surface area (Å²) in [6.07, 6.45) is 2.77. The number of piperidine rings is 1.